The van der Waals surface area contributed by atoms with Crippen molar-refractivity contribution in [1.29, 1.82) is 0 Å². The number of carbonyl (C=O) groups excluding carboxylic acids is 1. The number of piperazine rings is 1. The number of rotatable bonds is 5. The number of hydrogen-bond donors (Lipinski definition) is 1. The molecule has 1 amide bonds. The Morgan fingerprint density at radius 3 is 2.42 bits per heavy atom. The van der Waals surface area contributed by atoms with Crippen LogP contribution in [-0.4, -0.2) is 56.9 Å². The molecule has 36 heavy (non-hydrogen) atoms. The van der Waals surface area contributed by atoms with Crippen molar-refractivity contribution in [3.63, 3.8) is 0 Å². The van der Waals surface area contributed by atoms with E-state index in [0.29, 0.717) is 24.5 Å². The third-order valence-corrected chi connectivity index (χ3v) is 6.61. The molecule has 0 aliphatic carbocycles. The Kier molecular flexibility index (Phi) is 6.58. The summed E-state index contributed by atoms with van der Waals surface area (Å²) in [5, 5.41) is 0. The topological polar surface area (TPSA) is 101 Å². The highest BCUT2D eigenvalue weighted by atomic mass is 16.2. The van der Waals surface area contributed by atoms with Crippen molar-refractivity contribution >= 4 is 17.5 Å². The largest absolute Gasteiger partial charge is 0.384 e. The van der Waals surface area contributed by atoms with Gasteiger partial charge in [-0.15, -0.1) is 0 Å². The van der Waals surface area contributed by atoms with Gasteiger partial charge in [-0.25, -0.2) is 19.9 Å². The first kappa shape index (κ1) is 23.4. The molecule has 1 aliphatic rings. The second-order valence-corrected chi connectivity index (χ2v) is 8.87. The fourth-order valence-corrected chi connectivity index (χ4v) is 4.67. The molecule has 8 nitrogen and oxygen atoms in total. The van der Waals surface area contributed by atoms with Crippen LogP contribution in [0.4, 0.5) is 11.6 Å². The van der Waals surface area contributed by atoms with Crippen LogP contribution in [0.25, 0.3) is 22.4 Å². The van der Waals surface area contributed by atoms with Gasteiger partial charge in [-0.05, 0) is 55.3 Å². The summed E-state index contributed by atoms with van der Waals surface area (Å²) in [7, 11) is 0. The Hall–Kier alpha value is -4.33. The van der Waals surface area contributed by atoms with Gasteiger partial charge in [0.1, 0.15) is 18.0 Å². The summed E-state index contributed by atoms with van der Waals surface area (Å²) < 4.78 is 0. The van der Waals surface area contributed by atoms with E-state index in [1.807, 2.05) is 54.3 Å². The van der Waals surface area contributed by atoms with E-state index in [0.717, 1.165) is 59.0 Å². The Labute approximate surface area is 210 Å². The number of nitrogens with zero attached hydrogens (tertiary/aromatic N) is 6. The molecule has 5 rings (SSSR count). The fraction of sp³-hybridized carbons (Fsp3) is 0.250. The number of anilines is 2. The average Bonchev–Trinajstić information content (AvgIpc) is 2.93. The minimum atomic E-state index is 0.0552. The number of aromatic nitrogens is 4. The predicted molar refractivity (Wildman–Crippen MR) is 142 cm³/mol. The number of hydrogen-bond acceptors (Lipinski definition) is 7. The Morgan fingerprint density at radius 2 is 1.75 bits per heavy atom. The second-order valence-electron chi connectivity index (χ2n) is 8.87. The summed E-state index contributed by atoms with van der Waals surface area (Å²) in [6.07, 6.45) is 5.91. The van der Waals surface area contributed by atoms with Gasteiger partial charge in [-0.2, -0.15) is 0 Å². The van der Waals surface area contributed by atoms with Crippen molar-refractivity contribution in [3.05, 3.63) is 84.1 Å². The third-order valence-electron chi connectivity index (χ3n) is 6.61. The number of benzene rings is 1. The lowest BCUT2D eigenvalue weighted by Crippen LogP contribution is -2.49. The van der Waals surface area contributed by atoms with Crippen LogP contribution >= 0.6 is 0 Å². The van der Waals surface area contributed by atoms with Gasteiger partial charge in [-0.3, -0.25) is 4.79 Å². The molecule has 1 saturated heterocycles. The molecule has 0 unspecified atom stereocenters. The lowest BCUT2D eigenvalue weighted by atomic mass is 9.95. The molecule has 0 radical (unpaired) electrons. The molecule has 1 aromatic carbocycles. The zero-order valence-corrected chi connectivity index (χ0v) is 20.6. The van der Waals surface area contributed by atoms with Crippen LogP contribution in [0.15, 0.2) is 67.3 Å². The van der Waals surface area contributed by atoms with Gasteiger partial charge in [0.2, 0.25) is 0 Å². The highest BCUT2D eigenvalue weighted by Gasteiger charge is 2.24. The molecule has 8 heteroatoms. The first-order chi connectivity index (χ1) is 17.5. The summed E-state index contributed by atoms with van der Waals surface area (Å²) in [5.74, 6) is 1.47. The molecule has 3 aromatic heterocycles. The van der Waals surface area contributed by atoms with E-state index in [1.165, 1.54) is 0 Å². The number of aryl methyl sites for hydroxylation is 2. The summed E-state index contributed by atoms with van der Waals surface area (Å²) >= 11 is 0. The van der Waals surface area contributed by atoms with E-state index in [-0.39, 0.29) is 5.91 Å². The van der Waals surface area contributed by atoms with Crippen LogP contribution in [0.1, 0.15) is 28.5 Å². The van der Waals surface area contributed by atoms with E-state index >= 15 is 0 Å². The smallest absolute Gasteiger partial charge is 0.254 e. The summed E-state index contributed by atoms with van der Waals surface area (Å²) in [5.41, 5.74) is 12.0. The zero-order valence-electron chi connectivity index (χ0n) is 20.6. The van der Waals surface area contributed by atoms with Crippen molar-refractivity contribution < 1.29 is 4.79 Å². The molecular weight excluding hydrogens is 450 g/mol. The minimum Gasteiger partial charge on any atom is -0.384 e. The van der Waals surface area contributed by atoms with Crippen LogP contribution in [-0.2, 0) is 6.42 Å². The summed E-state index contributed by atoms with van der Waals surface area (Å²) in [6.45, 7) is 6.90. The zero-order chi connectivity index (χ0) is 25.1. The molecule has 4 heterocycles. The van der Waals surface area contributed by atoms with E-state index in [2.05, 4.69) is 31.8 Å². The van der Waals surface area contributed by atoms with E-state index in [9.17, 15) is 4.79 Å². The molecule has 0 spiro atoms. The van der Waals surface area contributed by atoms with Crippen LogP contribution < -0.4 is 10.6 Å². The number of nitrogen functional groups attached to an aromatic ring is 1. The maximum absolute atomic E-state index is 13.4. The standard InChI is InChI=1S/C28H29N7O/c1-3-23-26(21-8-10-24(29)31-17-21)27(33-18-32-23)20-7-9-22(19(2)16-20)28(36)35-14-12-34(13-15-35)25-6-4-5-11-30-25/h4-11,16-18H,3,12-15H2,1-2H3,(H2,29,31). The average molecular weight is 480 g/mol. The van der Waals surface area contributed by atoms with Crippen molar-refractivity contribution in [2.75, 3.05) is 36.8 Å². The number of amides is 1. The number of nitrogens with two attached hydrogens (primary N) is 1. The lowest BCUT2D eigenvalue weighted by molar-refractivity contribution is 0.0746. The highest BCUT2D eigenvalue weighted by molar-refractivity contribution is 5.96. The molecule has 4 aromatic rings. The SMILES string of the molecule is CCc1ncnc(-c2ccc(C(=O)N3CCN(c4ccccn4)CC3)c(C)c2)c1-c1ccc(N)nc1. The Balaban J connectivity index is 1.39. The summed E-state index contributed by atoms with van der Waals surface area (Å²) in [6, 6.07) is 15.6. The van der Waals surface area contributed by atoms with E-state index < -0.39 is 0 Å². The van der Waals surface area contributed by atoms with Crippen LogP contribution in [0.3, 0.4) is 0 Å². The van der Waals surface area contributed by atoms with Gasteiger partial charge in [0.15, 0.2) is 0 Å². The van der Waals surface area contributed by atoms with Crippen molar-refractivity contribution in [2.24, 2.45) is 0 Å². The van der Waals surface area contributed by atoms with Gasteiger partial charge >= 0.3 is 0 Å². The molecule has 1 fully saturated rings. The van der Waals surface area contributed by atoms with E-state index in [1.54, 1.807) is 24.8 Å². The maximum Gasteiger partial charge on any atom is 0.254 e. The molecule has 0 bridgehead atoms. The van der Waals surface area contributed by atoms with Crippen LogP contribution in [0.2, 0.25) is 0 Å². The van der Waals surface area contributed by atoms with Gasteiger partial charge in [0, 0.05) is 60.8 Å². The van der Waals surface area contributed by atoms with Crippen LogP contribution in [0, 0.1) is 6.92 Å². The summed E-state index contributed by atoms with van der Waals surface area (Å²) in [4.78, 5) is 35.3. The fourth-order valence-electron chi connectivity index (χ4n) is 4.67. The van der Waals surface area contributed by atoms with E-state index in [4.69, 9.17) is 5.73 Å². The quantitative estimate of drug-likeness (QED) is 0.461. The van der Waals surface area contributed by atoms with Gasteiger partial charge in [0.05, 0.1) is 11.4 Å². The minimum absolute atomic E-state index is 0.0552. The second kappa shape index (κ2) is 10.1. The highest BCUT2D eigenvalue weighted by Crippen LogP contribution is 2.33. The van der Waals surface area contributed by atoms with Crippen molar-refractivity contribution in [3.8, 4) is 22.4 Å². The third kappa shape index (κ3) is 4.62. The maximum atomic E-state index is 13.4. The molecule has 0 atom stereocenters. The molecule has 1 aliphatic heterocycles. The predicted octanol–water partition coefficient (Wildman–Crippen LogP) is 4.02. The van der Waals surface area contributed by atoms with Gasteiger partial charge in [0.25, 0.3) is 5.91 Å². The van der Waals surface area contributed by atoms with Gasteiger partial charge < -0.3 is 15.5 Å². The van der Waals surface area contributed by atoms with Crippen molar-refractivity contribution in [2.45, 2.75) is 20.3 Å². The molecule has 182 valence electrons. The first-order valence-electron chi connectivity index (χ1n) is 12.2. The van der Waals surface area contributed by atoms with Gasteiger partial charge in [-0.1, -0.05) is 19.1 Å². The monoisotopic (exact) mass is 479 g/mol. The van der Waals surface area contributed by atoms with Crippen molar-refractivity contribution in [1.82, 2.24) is 24.8 Å². The molecular formula is C28H29N7O. The molecule has 2 N–H and O–H groups in total. The number of pyridine rings is 2. The molecule has 0 saturated carbocycles. The number of carbonyl (C=O) groups is 1. The lowest BCUT2D eigenvalue weighted by Gasteiger charge is -2.35. The van der Waals surface area contributed by atoms with Crippen LogP contribution in [0.5, 0.6) is 0 Å². The first-order valence-corrected chi connectivity index (χ1v) is 12.2. The Morgan fingerprint density at radius 1 is 0.944 bits per heavy atom. The normalized spacial score (nSPS) is 13.6. The Bertz CT molecular complexity index is 1360.